The fraction of sp³-hybridized carbons (Fsp3) is 0.231. The van der Waals surface area contributed by atoms with Gasteiger partial charge in [-0.3, -0.25) is 9.59 Å². The molecule has 7 heteroatoms. The number of hydrogen-bond donors (Lipinski definition) is 1. The van der Waals surface area contributed by atoms with E-state index in [1.807, 2.05) is 54.6 Å². The molecule has 0 aliphatic rings. The summed E-state index contributed by atoms with van der Waals surface area (Å²) in [5.74, 6) is 0.283. The molecule has 0 bridgehead atoms. The van der Waals surface area contributed by atoms with Crippen LogP contribution < -0.4 is 10.1 Å². The summed E-state index contributed by atoms with van der Waals surface area (Å²) in [6, 6.07) is 21.4. The Balaban J connectivity index is 1.95. The normalized spacial score (nSPS) is 11.5. The maximum atomic E-state index is 13.5. The van der Waals surface area contributed by atoms with Gasteiger partial charge in [-0.2, -0.15) is 0 Å². The van der Waals surface area contributed by atoms with E-state index in [-0.39, 0.29) is 24.8 Å². The molecule has 2 amide bonds. The molecule has 1 N–H and O–H groups in total. The number of rotatable bonds is 9. The highest BCUT2D eigenvalue weighted by Gasteiger charge is 2.30. The van der Waals surface area contributed by atoms with E-state index in [1.165, 1.54) is 0 Å². The third-order valence-corrected chi connectivity index (χ3v) is 5.97. The average Bonchev–Trinajstić information content (AvgIpc) is 2.83. The minimum absolute atomic E-state index is 0.136. The number of methoxy groups -OCH3 is 1. The van der Waals surface area contributed by atoms with Crippen LogP contribution in [-0.4, -0.2) is 36.9 Å². The molecule has 0 radical (unpaired) electrons. The van der Waals surface area contributed by atoms with Crippen LogP contribution in [0.3, 0.4) is 0 Å². The van der Waals surface area contributed by atoms with E-state index in [9.17, 15) is 9.59 Å². The van der Waals surface area contributed by atoms with Crippen LogP contribution in [0.15, 0.2) is 72.8 Å². The molecule has 0 heterocycles. The van der Waals surface area contributed by atoms with Crippen molar-refractivity contribution >= 4 is 35.0 Å². The van der Waals surface area contributed by atoms with Crippen LogP contribution in [0.2, 0.25) is 10.0 Å². The number of nitrogens with one attached hydrogen (secondary N) is 1. The van der Waals surface area contributed by atoms with Crippen molar-refractivity contribution in [2.24, 2.45) is 0 Å². The molecule has 0 aromatic heterocycles. The number of halogens is 2. The summed E-state index contributed by atoms with van der Waals surface area (Å²) in [6.45, 7) is 0.176. The van der Waals surface area contributed by atoms with Gasteiger partial charge in [-0.25, -0.2) is 0 Å². The van der Waals surface area contributed by atoms with Crippen molar-refractivity contribution in [1.29, 1.82) is 0 Å². The van der Waals surface area contributed by atoms with Gasteiger partial charge in [-0.1, -0.05) is 71.7 Å². The third kappa shape index (κ3) is 6.73. The van der Waals surface area contributed by atoms with E-state index in [4.69, 9.17) is 27.9 Å². The van der Waals surface area contributed by atoms with Crippen molar-refractivity contribution in [2.75, 3.05) is 14.2 Å². The molecule has 0 fully saturated rings. The van der Waals surface area contributed by atoms with Gasteiger partial charge in [0.15, 0.2) is 0 Å². The first-order chi connectivity index (χ1) is 15.9. The van der Waals surface area contributed by atoms with Crippen molar-refractivity contribution in [3.8, 4) is 5.75 Å². The molecule has 3 rings (SSSR count). The lowest BCUT2D eigenvalue weighted by molar-refractivity contribution is -0.140. The zero-order chi connectivity index (χ0) is 23.8. The number of carbonyl (C=O) groups excluding carboxylic acids is 2. The second-order valence-electron chi connectivity index (χ2n) is 7.60. The molecular formula is C26H26Cl2N2O3. The quantitative estimate of drug-likeness (QED) is 0.468. The number of carbonyl (C=O) groups is 2. The number of nitrogens with zero attached hydrogens (tertiary/aromatic N) is 1. The average molecular weight is 485 g/mol. The Morgan fingerprint density at radius 1 is 0.970 bits per heavy atom. The van der Waals surface area contributed by atoms with Crippen LogP contribution in [0.25, 0.3) is 0 Å². The Hall–Kier alpha value is -3.02. The van der Waals surface area contributed by atoms with Crippen molar-refractivity contribution in [3.05, 3.63) is 99.5 Å². The van der Waals surface area contributed by atoms with Gasteiger partial charge in [0.2, 0.25) is 11.8 Å². The highest BCUT2D eigenvalue weighted by Crippen LogP contribution is 2.24. The number of likely N-dealkylation sites (N-methyl/N-ethyl adjacent to an activating group) is 1. The van der Waals surface area contributed by atoms with Crippen LogP contribution in [0.4, 0.5) is 0 Å². The van der Waals surface area contributed by atoms with Gasteiger partial charge >= 0.3 is 0 Å². The Morgan fingerprint density at radius 3 is 2.27 bits per heavy atom. The second kappa shape index (κ2) is 11.7. The Morgan fingerprint density at radius 2 is 1.67 bits per heavy atom. The van der Waals surface area contributed by atoms with Crippen molar-refractivity contribution in [3.63, 3.8) is 0 Å². The lowest BCUT2D eigenvalue weighted by Gasteiger charge is -2.31. The monoisotopic (exact) mass is 484 g/mol. The van der Waals surface area contributed by atoms with E-state index in [0.717, 1.165) is 11.1 Å². The summed E-state index contributed by atoms with van der Waals surface area (Å²) in [5, 5.41) is 3.66. The maximum Gasteiger partial charge on any atom is 0.242 e. The topological polar surface area (TPSA) is 58.6 Å². The summed E-state index contributed by atoms with van der Waals surface area (Å²) in [6.07, 6.45) is 0.511. The summed E-state index contributed by atoms with van der Waals surface area (Å²) in [4.78, 5) is 28.1. The molecular weight excluding hydrogens is 459 g/mol. The predicted molar refractivity (Wildman–Crippen MR) is 132 cm³/mol. The summed E-state index contributed by atoms with van der Waals surface area (Å²) in [7, 11) is 3.16. The summed E-state index contributed by atoms with van der Waals surface area (Å²) >= 11 is 12.5. The van der Waals surface area contributed by atoms with Crippen LogP contribution in [0.5, 0.6) is 5.75 Å². The van der Waals surface area contributed by atoms with E-state index < -0.39 is 6.04 Å². The molecule has 0 unspecified atom stereocenters. The first kappa shape index (κ1) is 24.6. The zero-order valence-corrected chi connectivity index (χ0v) is 20.1. The van der Waals surface area contributed by atoms with Gasteiger partial charge in [0.1, 0.15) is 11.8 Å². The maximum absolute atomic E-state index is 13.5. The number of hydrogen-bond acceptors (Lipinski definition) is 3. The molecule has 0 aliphatic heterocycles. The number of amides is 2. The van der Waals surface area contributed by atoms with Crippen LogP contribution in [0, 0.1) is 0 Å². The van der Waals surface area contributed by atoms with E-state index in [1.54, 1.807) is 37.3 Å². The molecule has 0 saturated heterocycles. The number of ether oxygens (including phenoxy) is 1. The first-order valence-corrected chi connectivity index (χ1v) is 11.3. The molecule has 1 atom stereocenters. The van der Waals surface area contributed by atoms with E-state index in [2.05, 4.69) is 5.32 Å². The molecule has 172 valence electrons. The smallest absolute Gasteiger partial charge is 0.242 e. The highest BCUT2D eigenvalue weighted by atomic mass is 35.5. The summed E-state index contributed by atoms with van der Waals surface area (Å²) in [5.41, 5.74) is 2.49. The lowest BCUT2D eigenvalue weighted by atomic mass is 10.0. The van der Waals surface area contributed by atoms with Crippen molar-refractivity contribution in [1.82, 2.24) is 10.2 Å². The highest BCUT2D eigenvalue weighted by molar-refractivity contribution is 6.35. The number of benzene rings is 3. The fourth-order valence-electron chi connectivity index (χ4n) is 3.57. The van der Waals surface area contributed by atoms with Crippen molar-refractivity contribution < 1.29 is 14.3 Å². The Kier molecular flexibility index (Phi) is 8.75. The Labute approximate surface area is 204 Å². The zero-order valence-electron chi connectivity index (χ0n) is 18.6. The fourth-order valence-corrected chi connectivity index (χ4v) is 4.04. The second-order valence-corrected chi connectivity index (χ2v) is 8.45. The van der Waals surface area contributed by atoms with Gasteiger partial charge < -0.3 is 15.0 Å². The van der Waals surface area contributed by atoms with Crippen molar-refractivity contribution in [2.45, 2.75) is 25.4 Å². The summed E-state index contributed by atoms with van der Waals surface area (Å²) < 4.78 is 5.20. The van der Waals surface area contributed by atoms with Gasteiger partial charge in [0.05, 0.1) is 13.5 Å². The Bertz CT molecular complexity index is 1090. The molecule has 0 spiro atoms. The van der Waals surface area contributed by atoms with Gasteiger partial charge in [-0.15, -0.1) is 0 Å². The molecule has 33 heavy (non-hydrogen) atoms. The van der Waals surface area contributed by atoms with E-state index in [0.29, 0.717) is 27.8 Å². The lowest BCUT2D eigenvalue weighted by Crippen LogP contribution is -2.50. The van der Waals surface area contributed by atoms with Gasteiger partial charge in [-0.05, 0) is 41.0 Å². The van der Waals surface area contributed by atoms with Crippen LogP contribution in [0.1, 0.15) is 16.7 Å². The molecule has 0 saturated carbocycles. The standard InChI is InChI=1S/C26H26Cl2N2O3/c1-29-26(32)24(14-18-6-4-3-5-7-18)30(17-20-10-11-21(27)16-23(20)28)25(31)15-19-8-12-22(33-2)13-9-19/h3-13,16,24H,14-15,17H2,1-2H3,(H,29,32)/t24-/m1/s1. The minimum Gasteiger partial charge on any atom is -0.497 e. The third-order valence-electron chi connectivity index (χ3n) is 5.39. The largest absolute Gasteiger partial charge is 0.497 e. The molecule has 3 aromatic carbocycles. The van der Waals surface area contributed by atoms with Gasteiger partial charge in [0.25, 0.3) is 0 Å². The van der Waals surface area contributed by atoms with Gasteiger partial charge in [0, 0.05) is 30.1 Å². The minimum atomic E-state index is -0.713. The van der Waals surface area contributed by atoms with Crippen LogP contribution >= 0.6 is 23.2 Å². The SMILES string of the molecule is CNC(=O)[C@@H](Cc1ccccc1)N(Cc1ccc(Cl)cc1Cl)C(=O)Cc1ccc(OC)cc1. The first-order valence-electron chi connectivity index (χ1n) is 10.5. The predicted octanol–water partition coefficient (Wildman–Crippen LogP) is 4.93. The molecule has 5 nitrogen and oxygen atoms in total. The van der Waals surface area contributed by atoms with Crippen LogP contribution in [-0.2, 0) is 29.0 Å². The van der Waals surface area contributed by atoms with E-state index >= 15 is 0 Å². The molecule has 3 aromatic rings. The molecule has 0 aliphatic carbocycles.